The second-order valence-corrected chi connectivity index (χ2v) is 4.15. The molecule has 1 aliphatic rings. The molecular weight excluding hydrogens is 206 g/mol. The number of nitrogens with zero attached hydrogens (tertiary/aromatic N) is 2. The molecule has 1 saturated heterocycles. The Morgan fingerprint density at radius 1 is 1.50 bits per heavy atom. The fourth-order valence-electron chi connectivity index (χ4n) is 1.99. The van der Waals surface area contributed by atoms with E-state index in [2.05, 4.69) is 14.9 Å². The van der Waals surface area contributed by atoms with E-state index in [1.165, 1.54) is 6.07 Å². The first-order valence-corrected chi connectivity index (χ1v) is 5.47. The molecule has 0 atom stereocenters. The van der Waals surface area contributed by atoms with Gasteiger partial charge in [0.25, 0.3) is 5.56 Å². The lowest BCUT2D eigenvalue weighted by Gasteiger charge is -2.30. The topological polar surface area (TPSA) is 66.1 Å². The molecule has 1 fully saturated rings. The van der Waals surface area contributed by atoms with Crippen LogP contribution in [-0.2, 0) is 4.79 Å². The molecule has 1 N–H and O–H groups in total. The van der Waals surface area contributed by atoms with Crippen LogP contribution in [-0.4, -0.2) is 29.3 Å². The van der Waals surface area contributed by atoms with Gasteiger partial charge in [0.1, 0.15) is 17.9 Å². The Kier molecular flexibility index (Phi) is 3.03. The van der Waals surface area contributed by atoms with Gasteiger partial charge in [-0.05, 0) is 19.8 Å². The molecular formula is C11H15N3O2. The zero-order valence-electron chi connectivity index (χ0n) is 9.27. The van der Waals surface area contributed by atoms with Crippen LogP contribution in [0, 0.1) is 12.8 Å². The van der Waals surface area contributed by atoms with Gasteiger partial charge in [0.05, 0.1) is 0 Å². The van der Waals surface area contributed by atoms with E-state index in [1.807, 2.05) is 0 Å². The number of aryl methyl sites for hydroxylation is 1. The molecule has 1 aromatic heterocycles. The summed E-state index contributed by atoms with van der Waals surface area (Å²) in [5.74, 6) is 1.50. The lowest BCUT2D eigenvalue weighted by atomic mass is 9.99. The number of nitrogens with one attached hydrogen (secondary N) is 1. The van der Waals surface area contributed by atoms with Crippen LogP contribution in [0.2, 0.25) is 0 Å². The van der Waals surface area contributed by atoms with Crippen molar-refractivity contribution in [1.29, 1.82) is 0 Å². The van der Waals surface area contributed by atoms with Crippen LogP contribution >= 0.6 is 0 Å². The lowest BCUT2D eigenvalue weighted by molar-refractivity contribution is -0.111. The first-order valence-electron chi connectivity index (χ1n) is 5.47. The predicted octanol–water partition coefficient (Wildman–Crippen LogP) is 0.494. The van der Waals surface area contributed by atoms with Crippen molar-refractivity contribution in [2.24, 2.45) is 5.92 Å². The van der Waals surface area contributed by atoms with Crippen molar-refractivity contribution in [3.63, 3.8) is 0 Å². The van der Waals surface area contributed by atoms with Crippen LogP contribution in [0.1, 0.15) is 18.7 Å². The number of carbonyl (C=O) groups excluding carboxylic acids is 1. The van der Waals surface area contributed by atoms with Gasteiger partial charge in [0, 0.05) is 25.1 Å². The summed E-state index contributed by atoms with van der Waals surface area (Å²) in [6, 6.07) is 1.51. The van der Waals surface area contributed by atoms with Crippen molar-refractivity contribution in [2.45, 2.75) is 19.8 Å². The Balaban J connectivity index is 2.13. The number of hydrogen-bond donors (Lipinski definition) is 1. The lowest BCUT2D eigenvalue weighted by Crippen LogP contribution is -2.35. The van der Waals surface area contributed by atoms with Gasteiger partial charge < -0.3 is 14.7 Å². The van der Waals surface area contributed by atoms with Crippen LogP contribution in [0.15, 0.2) is 10.9 Å². The Hall–Kier alpha value is -1.65. The molecule has 0 aliphatic carbocycles. The minimum Gasteiger partial charge on any atom is -0.356 e. The SMILES string of the molecule is Cc1nc(N2CCC(C=O)CC2)cc(=O)[nH]1. The van der Waals surface area contributed by atoms with E-state index in [0.29, 0.717) is 11.6 Å². The van der Waals surface area contributed by atoms with Gasteiger partial charge in [0.15, 0.2) is 0 Å². The highest BCUT2D eigenvalue weighted by Gasteiger charge is 2.19. The smallest absolute Gasteiger partial charge is 0.252 e. The van der Waals surface area contributed by atoms with E-state index in [0.717, 1.165) is 32.2 Å². The zero-order valence-corrected chi connectivity index (χ0v) is 9.27. The summed E-state index contributed by atoms with van der Waals surface area (Å²) in [6.45, 7) is 3.35. The maximum absolute atomic E-state index is 11.3. The molecule has 0 spiro atoms. The van der Waals surface area contributed by atoms with Crippen molar-refractivity contribution in [3.8, 4) is 0 Å². The number of piperidine rings is 1. The maximum Gasteiger partial charge on any atom is 0.252 e. The van der Waals surface area contributed by atoms with Gasteiger partial charge in [0.2, 0.25) is 0 Å². The van der Waals surface area contributed by atoms with Crippen LogP contribution < -0.4 is 10.5 Å². The average Bonchev–Trinajstić information content (AvgIpc) is 2.28. The number of aldehydes is 1. The molecule has 5 nitrogen and oxygen atoms in total. The fourth-order valence-corrected chi connectivity index (χ4v) is 1.99. The standard InChI is InChI=1S/C11H15N3O2/c1-8-12-10(6-11(16)13-8)14-4-2-9(7-15)3-5-14/h6-7,9H,2-5H2,1H3,(H,12,13,16). The summed E-state index contributed by atoms with van der Waals surface area (Å²) < 4.78 is 0. The minimum absolute atomic E-state index is 0.125. The van der Waals surface area contributed by atoms with E-state index in [4.69, 9.17) is 0 Å². The first-order chi connectivity index (χ1) is 7.69. The highest BCUT2D eigenvalue weighted by atomic mass is 16.1. The monoisotopic (exact) mass is 221 g/mol. The quantitative estimate of drug-likeness (QED) is 0.738. The van der Waals surface area contributed by atoms with Gasteiger partial charge in [-0.15, -0.1) is 0 Å². The number of carbonyl (C=O) groups is 1. The minimum atomic E-state index is -0.125. The molecule has 2 heterocycles. The van der Waals surface area contributed by atoms with Crippen molar-refractivity contribution in [1.82, 2.24) is 9.97 Å². The second kappa shape index (κ2) is 4.47. The molecule has 0 radical (unpaired) electrons. The zero-order chi connectivity index (χ0) is 11.5. The number of hydrogen-bond acceptors (Lipinski definition) is 4. The van der Waals surface area contributed by atoms with Crippen molar-refractivity contribution in [2.75, 3.05) is 18.0 Å². The molecule has 2 rings (SSSR count). The molecule has 0 bridgehead atoms. The fraction of sp³-hybridized carbons (Fsp3) is 0.545. The summed E-state index contributed by atoms with van der Waals surface area (Å²) in [5.41, 5.74) is -0.125. The van der Waals surface area contributed by atoms with E-state index in [1.54, 1.807) is 6.92 Å². The molecule has 1 aliphatic heterocycles. The van der Waals surface area contributed by atoms with Gasteiger partial charge in [-0.1, -0.05) is 0 Å². The van der Waals surface area contributed by atoms with Crippen molar-refractivity contribution >= 4 is 12.1 Å². The van der Waals surface area contributed by atoms with Crippen LogP contribution in [0.25, 0.3) is 0 Å². The molecule has 16 heavy (non-hydrogen) atoms. The second-order valence-electron chi connectivity index (χ2n) is 4.15. The van der Waals surface area contributed by atoms with Gasteiger partial charge >= 0.3 is 0 Å². The largest absolute Gasteiger partial charge is 0.356 e. The molecule has 0 saturated carbocycles. The summed E-state index contributed by atoms with van der Waals surface area (Å²) in [5, 5.41) is 0. The van der Waals surface area contributed by atoms with E-state index >= 15 is 0 Å². The number of rotatable bonds is 2. The number of aromatic nitrogens is 2. The van der Waals surface area contributed by atoms with E-state index < -0.39 is 0 Å². The van der Waals surface area contributed by atoms with Crippen molar-refractivity contribution < 1.29 is 4.79 Å². The molecule has 0 amide bonds. The van der Waals surface area contributed by atoms with Gasteiger partial charge in [-0.2, -0.15) is 0 Å². The summed E-state index contributed by atoms with van der Waals surface area (Å²) in [7, 11) is 0. The van der Waals surface area contributed by atoms with E-state index in [9.17, 15) is 9.59 Å². The summed E-state index contributed by atoms with van der Waals surface area (Å²) in [4.78, 5) is 30.9. The third-order valence-corrected chi connectivity index (χ3v) is 2.90. The molecule has 0 unspecified atom stereocenters. The Morgan fingerprint density at radius 2 is 2.19 bits per heavy atom. The third-order valence-electron chi connectivity index (χ3n) is 2.90. The van der Waals surface area contributed by atoms with Crippen LogP contribution in [0.3, 0.4) is 0 Å². The molecule has 86 valence electrons. The summed E-state index contributed by atoms with van der Waals surface area (Å²) in [6.07, 6.45) is 2.71. The van der Waals surface area contributed by atoms with Crippen molar-refractivity contribution in [3.05, 3.63) is 22.2 Å². The van der Waals surface area contributed by atoms with E-state index in [-0.39, 0.29) is 11.5 Å². The molecule has 0 aromatic carbocycles. The van der Waals surface area contributed by atoms with Crippen LogP contribution in [0.5, 0.6) is 0 Å². The maximum atomic E-state index is 11.3. The number of H-pyrrole nitrogens is 1. The van der Waals surface area contributed by atoms with Crippen LogP contribution in [0.4, 0.5) is 5.82 Å². The Labute approximate surface area is 93.5 Å². The number of anilines is 1. The average molecular weight is 221 g/mol. The first kappa shape index (κ1) is 10.9. The molecule has 1 aromatic rings. The Morgan fingerprint density at radius 3 is 2.75 bits per heavy atom. The molecule has 5 heteroatoms. The highest BCUT2D eigenvalue weighted by Crippen LogP contribution is 2.19. The van der Waals surface area contributed by atoms with Gasteiger partial charge in [-0.25, -0.2) is 4.98 Å². The predicted molar refractivity (Wildman–Crippen MR) is 60.6 cm³/mol. The Bertz CT molecular complexity index is 433. The highest BCUT2D eigenvalue weighted by molar-refractivity contribution is 5.54. The van der Waals surface area contributed by atoms with Gasteiger partial charge in [-0.3, -0.25) is 4.79 Å². The summed E-state index contributed by atoms with van der Waals surface area (Å²) >= 11 is 0. The third kappa shape index (κ3) is 2.29. The number of aromatic amines is 1. The normalized spacial score (nSPS) is 17.4.